The van der Waals surface area contributed by atoms with Crippen molar-refractivity contribution in [1.29, 1.82) is 0 Å². The van der Waals surface area contributed by atoms with Crippen LogP contribution in [0.5, 0.6) is 5.75 Å². The predicted molar refractivity (Wildman–Crippen MR) is 104 cm³/mol. The molecule has 0 spiro atoms. The van der Waals surface area contributed by atoms with Crippen molar-refractivity contribution in [3.8, 4) is 5.75 Å². The number of benzene rings is 2. The van der Waals surface area contributed by atoms with Crippen molar-refractivity contribution in [2.75, 3.05) is 13.2 Å². The minimum absolute atomic E-state index is 0.167. The first kappa shape index (κ1) is 23.1. The molecule has 2 aliphatic heterocycles. The third-order valence-corrected chi connectivity index (χ3v) is 8.63. The van der Waals surface area contributed by atoms with Gasteiger partial charge in [0.1, 0.15) is 0 Å². The Morgan fingerprint density at radius 2 is 1.94 bits per heavy atom. The van der Waals surface area contributed by atoms with Crippen molar-refractivity contribution in [2.45, 2.75) is 41.1 Å². The molecule has 0 amide bonds. The fourth-order valence-corrected chi connectivity index (χ4v) is 6.44. The number of rotatable bonds is 6. The minimum atomic E-state index is -1.74. The van der Waals surface area contributed by atoms with Gasteiger partial charge in [0.25, 0.3) is 0 Å². The Morgan fingerprint density at radius 3 is 2.61 bits per heavy atom. The quantitative estimate of drug-likeness (QED) is 0.248. The maximum atomic E-state index is 14.2. The maximum absolute atomic E-state index is 14.2. The summed E-state index contributed by atoms with van der Waals surface area (Å²) in [6, 6.07) is 9.50. The molecule has 10 heteroatoms. The second kappa shape index (κ2) is 8.71. The summed E-state index contributed by atoms with van der Waals surface area (Å²) >= 11 is 4.99. The van der Waals surface area contributed by atoms with E-state index in [1.807, 2.05) is 0 Å². The van der Waals surface area contributed by atoms with E-state index in [0.717, 1.165) is 0 Å². The molecule has 2 saturated heterocycles. The third-order valence-electron chi connectivity index (χ3n) is 5.44. The summed E-state index contributed by atoms with van der Waals surface area (Å²) in [5.74, 6) is -2.05. The van der Waals surface area contributed by atoms with E-state index >= 15 is 0 Å². The molecule has 4 N–H and O–H groups in total. The zero-order chi connectivity index (χ0) is 22.4. The standard InChI is InChI=1S/C21H22ClFIO7/c1-2-29-16-6-3-11(8-15(16)23)7-12-9-13(4-5-14(12)22)21-19(28)17(26)18(27)20(10-25,30-21)24-31-21/h3-6,8-9,17-19,25-28H,2,7,10H2,1H3/q-1/t17-,18-,19+,20+,21+/m0/s1. The van der Waals surface area contributed by atoms with Crippen LogP contribution in [-0.2, 0) is 20.0 Å². The van der Waals surface area contributed by atoms with Crippen molar-refractivity contribution >= 4 is 11.6 Å². The van der Waals surface area contributed by atoms with Gasteiger partial charge in [-0.1, -0.05) is 0 Å². The molecule has 31 heavy (non-hydrogen) atoms. The molecule has 2 bridgehead atoms. The third kappa shape index (κ3) is 3.84. The number of hydrogen-bond donors (Lipinski definition) is 4. The van der Waals surface area contributed by atoms with Crippen LogP contribution in [0.3, 0.4) is 0 Å². The molecule has 0 aromatic heterocycles. The van der Waals surface area contributed by atoms with Crippen LogP contribution in [0.25, 0.3) is 0 Å². The zero-order valence-corrected chi connectivity index (χ0v) is 19.4. The molecule has 2 aliphatic rings. The van der Waals surface area contributed by atoms with Gasteiger partial charge in [0.2, 0.25) is 0 Å². The van der Waals surface area contributed by atoms with Crippen LogP contribution < -0.4 is 26.4 Å². The Labute approximate surface area is 194 Å². The van der Waals surface area contributed by atoms with E-state index in [1.165, 1.54) is 6.07 Å². The molecule has 7 nitrogen and oxygen atoms in total. The van der Waals surface area contributed by atoms with Crippen LogP contribution in [0.4, 0.5) is 4.39 Å². The molecule has 0 saturated carbocycles. The van der Waals surface area contributed by atoms with Crippen LogP contribution in [0, 0.1) is 5.82 Å². The van der Waals surface area contributed by atoms with Gasteiger partial charge in [0, 0.05) is 0 Å². The topological polar surface area (TPSA) is 109 Å². The fraction of sp³-hybridized carbons (Fsp3) is 0.429. The molecular weight excluding hydrogens is 546 g/mol. The van der Waals surface area contributed by atoms with E-state index < -0.39 is 61.8 Å². The zero-order valence-electron chi connectivity index (χ0n) is 16.5. The van der Waals surface area contributed by atoms with Gasteiger partial charge in [-0.15, -0.1) is 0 Å². The monoisotopic (exact) mass is 567 g/mol. The van der Waals surface area contributed by atoms with Crippen molar-refractivity contribution in [3.05, 3.63) is 63.9 Å². The number of aliphatic hydroxyl groups excluding tert-OH is 4. The van der Waals surface area contributed by atoms with E-state index in [0.29, 0.717) is 28.3 Å². The van der Waals surface area contributed by atoms with E-state index in [-0.39, 0.29) is 12.2 Å². The van der Waals surface area contributed by atoms with Gasteiger partial charge in [-0.3, -0.25) is 0 Å². The first-order chi connectivity index (χ1) is 14.8. The van der Waals surface area contributed by atoms with Gasteiger partial charge in [0.05, 0.1) is 0 Å². The van der Waals surface area contributed by atoms with Crippen LogP contribution in [0.15, 0.2) is 36.4 Å². The van der Waals surface area contributed by atoms with Crippen LogP contribution in [0.1, 0.15) is 23.6 Å². The molecule has 0 radical (unpaired) electrons. The Morgan fingerprint density at radius 1 is 1.16 bits per heavy atom. The van der Waals surface area contributed by atoms with Crippen LogP contribution in [0.2, 0.25) is 5.02 Å². The molecule has 2 aromatic carbocycles. The summed E-state index contributed by atoms with van der Waals surface area (Å²) in [6.45, 7) is 1.57. The Bertz CT molecular complexity index is 979. The van der Waals surface area contributed by atoms with E-state index in [1.54, 1.807) is 37.3 Å². The number of alkyl halides is 1. The van der Waals surface area contributed by atoms with Gasteiger partial charge in [0.15, 0.2) is 0 Å². The van der Waals surface area contributed by atoms with Gasteiger partial charge >= 0.3 is 188 Å². The average Bonchev–Trinajstić information content (AvgIpc) is 3.15. The summed E-state index contributed by atoms with van der Waals surface area (Å²) in [4.78, 5) is 0. The first-order valence-electron chi connectivity index (χ1n) is 9.66. The van der Waals surface area contributed by atoms with Gasteiger partial charge in [-0.25, -0.2) is 0 Å². The first-order valence-corrected chi connectivity index (χ1v) is 12.0. The van der Waals surface area contributed by atoms with E-state index in [2.05, 4.69) is 0 Å². The molecule has 0 unspecified atom stereocenters. The summed E-state index contributed by atoms with van der Waals surface area (Å²) in [6.07, 6.45) is -4.34. The number of hydrogen-bond acceptors (Lipinski definition) is 7. The average molecular weight is 568 g/mol. The number of ether oxygens (including phenoxy) is 2. The second-order valence-corrected chi connectivity index (χ2v) is 10.5. The SMILES string of the molecule is CCOc1ccc(Cc2cc([C@]34O[I-][C@](CO)(O3)[C@@H](O)[C@H](O)[C@H]4O)ccc2Cl)cc1F. The molecule has 170 valence electrons. The summed E-state index contributed by atoms with van der Waals surface area (Å²) in [5, 5.41) is 41.6. The van der Waals surface area contributed by atoms with Gasteiger partial charge in [-0.2, -0.15) is 0 Å². The molecule has 4 rings (SSSR count). The van der Waals surface area contributed by atoms with Crippen LogP contribution >= 0.6 is 11.6 Å². The summed E-state index contributed by atoms with van der Waals surface area (Å²) in [5.41, 5.74) is 1.66. The van der Waals surface area contributed by atoms with Crippen molar-refractivity contribution in [2.24, 2.45) is 0 Å². The molecule has 0 aliphatic carbocycles. The van der Waals surface area contributed by atoms with Crippen molar-refractivity contribution in [1.82, 2.24) is 0 Å². The molecule has 2 aromatic rings. The number of fused-ring (bicyclic) bond motifs is 2. The van der Waals surface area contributed by atoms with E-state index in [4.69, 9.17) is 24.1 Å². The molecule has 2 fully saturated rings. The van der Waals surface area contributed by atoms with Crippen molar-refractivity contribution < 1.29 is 59.0 Å². The van der Waals surface area contributed by atoms with E-state index in [9.17, 15) is 24.8 Å². The predicted octanol–water partition coefficient (Wildman–Crippen LogP) is -1.54. The van der Waals surface area contributed by atoms with Gasteiger partial charge in [-0.05, 0) is 6.92 Å². The molecular formula is C21H22ClFIO7-. The molecule has 2 heterocycles. The Balaban J connectivity index is 1.68. The second-order valence-electron chi connectivity index (χ2n) is 7.43. The number of halogens is 3. The fourth-order valence-electron chi connectivity index (χ4n) is 3.77. The Kier molecular flexibility index (Phi) is 6.50. The number of aliphatic hydroxyl groups is 4. The normalized spacial score (nSPS) is 32.5. The van der Waals surface area contributed by atoms with Crippen LogP contribution in [-0.4, -0.2) is 55.6 Å². The van der Waals surface area contributed by atoms with Gasteiger partial charge < -0.3 is 0 Å². The molecule has 5 atom stereocenters. The summed E-state index contributed by atoms with van der Waals surface area (Å²) < 4.78 is 29.8. The summed E-state index contributed by atoms with van der Waals surface area (Å²) in [7, 11) is 0. The van der Waals surface area contributed by atoms with Crippen molar-refractivity contribution in [3.63, 3.8) is 0 Å². The Hall–Kier alpha value is -1.05.